The molecule has 1 heterocycles. The number of nitrogens with one attached hydrogen (secondary N) is 1. The van der Waals surface area contributed by atoms with E-state index in [9.17, 15) is 23.6 Å². The zero-order chi connectivity index (χ0) is 28.6. The van der Waals surface area contributed by atoms with Gasteiger partial charge in [-0.05, 0) is 36.1 Å². The van der Waals surface area contributed by atoms with Crippen LogP contribution in [0, 0.1) is 11.7 Å². The number of hydrogen-bond donors (Lipinski definition) is 1. The molecule has 1 atom stereocenters. The molecule has 0 unspecified atom stereocenters. The molecule has 0 radical (unpaired) electrons. The van der Waals surface area contributed by atoms with Crippen LogP contribution in [0.5, 0.6) is 0 Å². The molecule has 1 aliphatic heterocycles. The number of amides is 4. The average Bonchev–Trinajstić information content (AvgIpc) is 3.20. The summed E-state index contributed by atoms with van der Waals surface area (Å²) >= 11 is 0. The van der Waals surface area contributed by atoms with Crippen molar-refractivity contribution >= 4 is 23.6 Å². The van der Waals surface area contributed by atoms with E-state index < -0.39 is 11.9 Å². The molecule has 0 saturated heterocycles. The van der Waals surface area contributed by atoms with Gasteiger partial charge in [-0.25, -0.2) is 4.39 Å². The largest absolute Gasteiger partial charge is 0.354 e. The molecule has 3 aromatic carbocycles. The fraction of sp³-hybridized carbons (Fsp3) is 0.312. The molecule has 0 saturated carbocycles. The molecule has 0 fully saturated rings. The van der Waals surface area contributed by atoms with Gasteiger partial charge in [-0.2, -0.15) is 0 Å². The van der Waals surface area contributed by atoms with Crippen LogP contribution < -0.4 is 5.32 Å². The number of halogens is 1. The van der Waals surface area contributed by atoms with Crippen LogP contribution >= 0.6 is 0 Å². The summed E-state index contributed by atoms with van der Waals surface area (Å²) in [6.45, 7) is 4.37. The predicted molar refractivity (Wildman–Crippen MR) is 150 cm³/mol. The van der Waals surface area contributed by atoms with Crippen LogP contribution in [0.2, 0.25) is 0 Å². The van der Waals surface area contributed by atoms with Crippen molar-refractivity contribution in [3.05, 3.63) is 107 Å². The van der Waals surface area contributed by atoms with Crippen molar-refractivity contribution < 1.29 is 23.6 Å². The Balaban J connectivity index is 1.55. The molecule has 8 heteroatoms. The Bertz CT molecular complexity index is 1340. The van der Waals surface area contributed by atoms with Gasteiger partial charge in [0.15, 0.2) is 0 Å². The van der Waals surface area contributed by atoms with Crippen LogP contribution in [0.25, 0.3) is 0 Å². The van der Waals surface area contributed by atoms with Crippen molar-refractivity contribution in [2.45, 2.75) is 45.7 Å². The zero-order valence-electron chi connectivity index (χ0n) is 22.8. The third kappa shape index (κ3) is 6.81. The first-order valence-electron chi connectivity index (χ1n) is 13.6. The quantitative estimate of drug-likeness (QED) is 0.338. The summed E-state index contributed by atoms with van der Waals surface area (Å²) in [7, 11) is 0. The highest BCUT2D eigenvalue weighted by molar-refractivity contribution is 6.21. The first kappa shape index (κ1) is 28.7. The standard InChI is InChI=1S/C32H34FN3O4/c1-22(2)20-34-30(38)28(19-23-11-4-3-5-12-23)36(21-24-13-6-9-16-27(24)33)29(37)17-10-18-35-31(39)25-14-7-8-15-26(25)32(35)40/h3-9,11-16,22,28H,10,17-21H2,1-2H3,(H,34,38)/t28-/m1/s1. The van der Waals surface area contributed by atoms with Gasteiger partial charge in [0.05, 0.1) is 11.1 Å². The lowest BCUT2D eigenvalue weighted by molar-refractivity contribution is -0.141. The Labute approximate surface area is 234 Å². The Morgan fingerprint density at radius 1 is 0.875 bits per heavy atom. The first-order valence-corrected chi connectivity index (χ1v) is 13.6. The summed E-state index contributed by atoms with van der Waals surface area (Å²) in [6.07, 6.45) is 0.442. The zero-order valence-corrected chi connectivity index (χ0v) is 22.8. The second-order valence-electron chi connectivity index (χ2n) is 10.4. The molecule has 1 N–H and O–H groups in total. The van der Waals surface area contributed by atoms with E-state index in [1.165, 1.54) is 11.0 Å². The molecule has 0 aromatic heterocycles. The minimum absolute atomic E-state index is 0.0232. The fourth-order valence-corrected chi connectivity index (χ4v) is 4.76. The molecule has 1 aliphatic rings. The highest BCUT2D eigenvalue weighted by atomic mass is 19.1. The lowest BCUT2D eigenvalue weighted by Crippen LogP contribution is -2.51. The van der Waals surface area contributed by atoms with Crippen molar-refractivity contribution in [1.29, 1.82) is 0 Å². The molecule has 0 bridgehead atoms. The molecule has 208 valence electrons. The summed E-state index contributed by atoms with van der Waals surface area (Å²) in [4.78, 5) is 55.2. The minimum Gasteiger partial charge on any atom is -0.354 e. The van der Waals surface area contributed by atoms with Crippen molar-refractivity contribution in [1.82, 2.24) is 15.1 Å². The third-order valence-corrected chi connectivity index (χ3v) is 6.90. The summed E-state index contributed by atoms with van der Waals surface area (Å²) in [5.74, 6) is -1.70. The number of imide groups is 1. The molecular formula is C32H34FN3O4. The number of carbonyl (C=O) groups is 4. The molecule has 7 nitrogen and oxygen atoms in total. The number of rotatable bonds is 12. The van der Waals surface area contributed by atoms with E-state index in [1.54, 1.807) is 42.5 Å². The topological polar surface area (TPSA) is 86.8 Å². The number of hydrogen-bond acceptors (Lipinski definition) is 4. The SMILES string of the molecule is CC(C)CNC(=O)[C@@H](Cc1ccccc1)N(Cc1ccccc1F)C(=O)CCCN1C(=O)c2ccccc2C1=O. The second kappa shape index (κ2) is 13.2. The monoisotopic (exact) mass is 543 g/mol. The maximum Gasteiger partial charge on any atom is 0.261 e. The molecule has 40 heavy (non-hydrogen) atoms. The van der Waals surface area contributed by atoms with E-state index in [-0.39, 0.29) is 61.9 Å². The number of carbonyl (C=O) groups excluding carboxylic acids is 4. The summed E-state index contributed by atoms with van der Waals surface area (Å²) in [5, 5.41) is 2.94. The van der Waals surface area contributed by atoms with Gasteiger partial charge < -0.3 is 10.2 Å². The molecule has 0 aliphatic carbocycles. The summed E-state index contributed by atoms with van der Waals surface area (Å²) in [5.41, 5.74) is 1.87. The van der Waals surface area contributed by atoms with E-state index in [0.717, 1.165) is 10.5 Å². The molecule has 4 amide bonds. The third-order valence-electron chi connectivity index (χ3n) is 6.90. The Kier molecular flexibility index (Phi) is 9.43. The number of nitrogens with zero attached hydrogens (tertiary/aromatic N) is 2. The molecule has 3 aromatic rings. The van der Waals surface area contributed by atoms with Gasteiger partial charge in [0, 0.05) is 38.0 Å². The molecule has 0 spiro atoms. The van der Waals surface area contributed by atoms with E-state index >= 15 is 0 Å². The van der Waals surface area contributed by atoms with Gasteiger partial charge in [0.25, 0.3) is 11.8 Å². The minimum atomic E-state index is -0.882. The highest BCUT2D eigenvalue weighted by Crippen LogP contribution is 2.23. The Morgan fingerprint density at radius 2 is 1.48 bits per heavy atom. The Hall–Kier alpha value is -4.33. The lowest BCUT2D eigenvalue weighted by atomic mass is 10.0. The average molecular weight is 544 g/mol. The van der Waals surface area contributed by atoms with E-state index in [2.05, 4.69) is 5.32 Å². The number of benzene rings is 3. The Morgan fingerprint density at radius 3 is 2.10 bits per heavy atom. The van der Waals surface area contributed by atoms with Crippen LogP contribution in [0.4, 0.5) is 4.39 Å². The van der Waals surface area contributed by atoms with Gasteiger partial charge in [-0.1, -0.05) is 74.5 Å². The smallest absolute Gasteiger partial charge is 0.261 e. The maximum atomic E-state index is 14.7. The number of fused-ring (bicyclic) bond motifs is 1. The van der Waals surface area contributed by atoms with Gasteiger partial charge in [-0.3, -0.25) is 24.1 Å². The van der Waals surface area contributed by atoms with E-state index in [1.807, 2.05) is 44.2 Å². The van der Waals surface area contributed by atoms with Crippen molar-refractivity contribution in [2.75, 3.05) is 13.1 Å². The maximum absolute atomic E-state index is 14.7. The predicted octanol–water partition coefficient (Wildman–Crippen LogP) is 4.61. The highest BCUT2D eigenvalue weighted by Gasteiger charge is 2.35. The van der Waals surface area contributed by atoms with Crippen LogP contribution in [0.15, 0.2) is 78.9 Å². The first-order chi connectivity index (χ1) is 19.3. The van der Waals surface area contributed by atoms with Gasteiger partial charge in [-0.15, -0.1) is 0 Å². The second-order valence-corrected chi connectivity index (χ2v) is 10.4. The normalized spacial score (nSPS) is 13.3. The molecule has 4 rings (SSSR count). The van der Waals surface area contributed by atoms with E-state index in [0.29, 0.717) is 23.2 Å². The molecular weight excluding hydrogens is 509 g/mol. The van der Waals surface area contributed by atoms with Crippen LogP contribution in [0.1, 0.15) is 58.5 Å². The lowest BCUT2D eigenvalue weighted by Gasteiger charge is -2.32. The van der Waals surface area contributed by atoms with Crippen molar-refractivity contribution in [2.24, 2.45) is 5.92 Å². The van der Waals surface area contributed by atoms with Gasteiger partial charge in [0.1, 0.15) is 11.9 Å². The van der Waals surface area contributed by atoms with Gasteiger partial charge in [0.2, 0.25) is 11.8 Å². The van der Waals surface area contributed by atoms with Crippen LogP contribution in [0.3, 0.4) is 0 Å². The van der Waals surface area contributed by atoms with Gasteiger partial charge >= 0.3 is 0 Å². The van der Waals surface area contributed by atoms with Crippen LogP contribution in [-0.4, -0.2) is 52.6 Å². The fourth-order valence-electron chi connectivity index (χ4n) is 4.76. The van der Waals surface area contributed by atoms with E-state index in [4.69, 9.17) is 0 Å². The summed E-state index contributed by atoms with van der Waals surface area (Å²) < 4.78 is 14.7. The van der Waals surface area contributed by atoms with Crippen molar-refractivity contribution in [3.8, 4) is 0 Å². The summed E-state index contributed by atoms with van der Waals surface area (Å²) in [6, 6.07) is 21.3. The van der Waals surface area contributed by atoms with Crippen molar-refractivity contribution in [3.63, 3.8) is 0 Å². The van der Waals surface area contributed by atoms with Crippen LogP contribution in [-0.2, 0) is 22.6 Å².